The minimum atomic E-state index is -1.05. The zero-order valence-electron chi connectivity index (χ0n) is 34.5. The number of nitrogens with zero attached hydrogens (tertiary/aromatic N) is 1. The average Bonchev–Trinajstić information content (AvgIpc) is 3.09. The molecule has 0 aliphatic carbocycles. The van der Waals surface area contributed by atoms with Gasteiger partial charge in [-0.2, -0.15) is 0 Å². The number of esters is 1. The van der Waals surface area contributed by atoms with E-state index in [1.165, 1.54) is 0 Å². The molecule has 0 bridgehead atoms. The summed E-state index contributed by atoms with van der Waals surface area (Å²) >= 11 is 0. The third-order valence-electron chi connectivity index (χ3n) is 12.5. The molecule has 0 aromatic rings. The molecule has 0 radical (unpaired) electrons. The molecule has 18 atom stereocenters. The molecule has 3 rings (SSSR count). The van der Waals surface area contributed by atoms with E-state index < -0.39 is 77.8 Å². The third kappa shape index (κ3) is 9.68. The summed E-state index contributed by atoms with van der Waals surface area (Å²) in [6.07, 6.45) is -3.91. The predicted octanol–water partition coefficient (Wildman–Crippen LogP) is 5.60. The number of carbonyl (C=O) groups is 1. The number of methoxy groups -OCH3 is 4. The van der Waals surface area contributed by atoms with Gasteiger partial charge in [-0.25, -0.2) is 0 Å². The maximum atomic E-state index is 14.3. The number of carbonyl (C=O) groups excluding carboxylic acids is 1. The number of rotatable bonds is 9. The molecule has 2 N–H and O–H groups in total. The van der Waals surface area contributed by atoms with E-state index in [4.69, 9.17) is 42.6 Å². The summed E-state index contributed by atoms with van der Waals surface area (Å²) in [5.41, 5.74) is -1.38. The first-order valence-electron chi connectivity index (χ1n) is 19.2. The summed E-state index contributed by atoms with van der Waals surface area (Å²) in [6, 6.07) is 0. The Balaban J connectivity index is 2.22. The number of aliphatic hydroxyl groups excluding tert-OH is 1. The Bertz CT molecular complexity index is 1160. The fourth-order valence-corrected chi connectivity index (χ4v) is 9.25. The molecule has 3 aliphatic rings. The van der Waals surface area contributed by atoms with Gasteiger partial charge in [-0.15, -0.1) is 0 Å². The summed E-state index contributed by atoms with van der Waals surface area (Å²) in [4.78, 5) is 14.3. The lowest BCUT2D eigenvalue weighted by atomic mass is 9.74. The maximum Gasteiger partial charge on any atom is 0.311 e. The van der Waals surface area contributed by atoms with E-state index in [-0.39, 0.29) is 36.3 Å². The van der Waals surface area contributed by atoms with Crippen LogP contribution in [-0.2, 0) is 47.4 Å². The van der Waals surface area contributed by atoms with E-state index in [2.05, 4.69) is 12.1 Å². The summed E-state index contributed by atoms with van der Waals surface area (Å²) in [6.45, 7) is 21.3. The smallest absolute Gasteiger partial charge is 0.311 e. The van der Waals surface area contributed by atoms with Crippen molar-refractivity contribution < 1.29 is 57.7 Å². The molecule has 0 aromatic heterocycles. The molecule has 13 heteroatoms. The minimum absolute atomic E-state index is 0.0881. The standard InChI is InChI=1S/C39H71NO12/c1-16-28-23(5)31(41)24(6)30(40-43)21(3)18-38(10,46-14)34(52-37-32(44-12)20(2)17-22(4)48-37)25(7)33(26(8)36(42)50-28)51-29-19-39(11,47-15)35(45-13)27(9)49-29/h20-29,31-35,37,41,43H,16-19H2,1-15H3/b40-30-. The lowest BCUT2D eigenvalue weighted by molar-refractivity contribution is -0.321. The Kier molecular flexibility index (Phi) is 16.4. The Hall–Kier alpha value is -1.42. The van der Waals surface area contributed by atoms with Gasteiger partial charge in [0.2, 0.25) is 0 Å². The third-order valence-corrected chi connectivity index (χ3v) is 12.5. The lowest BCUT2D eigenvalue weighted by Gasteiger charge is -2.50. The van der Waals surface area contributed by atoms with Crippen molar-refractivity contribution in [3.8, 4) is 0 Å². The molecule has 0 saturated carbocycles. The van der Waals surface area contributed by atoms with Crippen LogP contribution in [-0.4, -0.2) is 123 Å². The van der Waals surface area contributed by atoms with Gasteiger partial charge in [-0.3, -0.25) is 4.79 Å². The first kappa shape index (κ1) is 45.0. The number of hydrogen-bond donors (Lipinski definition) is 2. The van der Waals surface area contributed by atoms with Crippen LogP contribution in [0.25, 0.3) is 0 Å². The van der Waals surface area contributed by atoms with E-state index in [9.17, 15) is 15.1 Å². The zero-order valence-corrected chi connectivity index (χ0v) is 34.5. The van der Waals surface area contributed by atoms with Crippen molar-refractivity contribution >= 4 is 11.7 Å². The van der Waals surface area contributed by atoms with Gasteiger partial charge in [0.05, 0.1) is 53.4 Å². The highest BCUT2D eigenvalue weighted by Crippen LogP contribution is 2.42. The van der Waals surface area contributed by atoms with Crippen molar-refractivity contribution in [1.82, 2.24) is 0 Å². The molecule has 3 heterocycles. The van der Waals surface area contributed by atoms with Crippen molar-refractivity contribution in [2.75, 3.05) is 28.4 Å². The van der Waals surface area contributed by atoms with Crippen LogP contribution >= 0.6 is 0 Å². The van der Waals surface area contributed by atoms with Gasteiger partial charge in [0, 0.05) is 58.5 Å². The van der Waals surface area contributed by atoms with Crippen molar-refractivity contribution in [2.45, 2.75) is 174 Å². The molecule has 0 aromatic carbocycles. The Morgan fingerprint density at radius 2 is 1.42 bits per heavy atom. The summed E-state index contributed by atoms with van der Waals surface area (Å²) < 4.78 is 57.2. The normalized spacial score (nSPS) is 48.2. The fraction of sp³-hybridized carbons (Fsp3) is 0.949. The lowest BCUT2D eigenvalue weighted by Crippen LogP contribution is -2.60. The molecule has 13 nitrogen and oxygen atoms in total. The van der Waals surface area contributed by atoms with Crippen LogP contribution in [0.2, 0.25) is 0 Å². The van der Waals surface area contributed by atoms with Crippen LogP contribution in [0.5, 0.6) is 0 Å². The van der Waals surface area contributed by atoms with Crippen molar-refractivity contribution in [2.24, 2.45) is 40.7 Å². The Morgan fingerprint density at radius 3 is 1.96 bits per heavy atom. The van der Waals surface area contributed by atoms with E-state index in [1.807, 2.05) is 62.3 Å². The highest BCUT2D eigenvalue weighted by Gasteiger charge is 2.53. The first-order valence-corrected chi connectivity index (χ1v) is 19.2. The number of hydrogen-bond acceptors (Lipinski definition) is 13. The van der Waals surface area contributed by atoms with Crippen molar-refractivity contribution in [3.05, 3.63) is 0 Å². The zero-order chi connectivity index (χ0) is 39.3. The minimum Gasteiger partial charge on any atom is -0.462 e. The van der Waals surface area contributed by atoms with E-state index in [0.717, 1.165) is 6.42 Å². The molecule has 3 fully saturated rings. The van der Waals surface area contributed by atoms with Crippen LogP contribution in [0.15, 0.2) is 5.16 Å². The van der Waals surface area contributed by atoms with Crippen LogP contribution in [0, 0.1) is 35.5 Å². The second-order valence-electron chi connectivity index (χ2n) is 16.4. The molecule has 3 aliphatic heterocycles. The highest BCUT2D eigenvalue weighted by molar-refractivity contribution is 5.88. The monoisotopic (exact) mass is 745 g/mol. The molecule has 0 amide bonds. The molecule has 3 saturated heterocycles. The van der Waals surface area contributed by atoms with E-state index >= 15 is 0 Å². The molecule has 0 spiro atoms. The molecule has 18 unspecified atom stereocenters. The Labute approximate surface area is 312 Å². The quantitative estimate of drug-likeness (QED) is 0.172. The molecular weight excluding hydrogens is 674 g/mol. The molecule has 304 valence electrons. The summed E-state index contributed by atoms with van der Waals surface area (Å²) in [7, 11) is 6.55. The van der Waals surface area contributed by atoms with E-state index in [0.29, 0.717) is 25.0 Å². The van der Waals surface area contributed by atoms with Gasteiger partial charge < -0.3 is 52.9 Å². The van der Waals surface area contributed by atoms with Crippen molar-refractivity contribution in [3.63, 3.8) is 0 Å². The van der Waals surface area contributed by atoms with Crippen molar-refractivity contribution in [1.29, 1.82) is 0 Å². The van der Waals surface area contributed by atoms with Crippen LogP contribution in [0.4, 0.5) is 0 Å². The Morgan fingerprint density at radius 1 is 0.808 bits per heavy atom. The van der Waals surface area contributed by atoms with Gasteiger partial charge in [0.25, 0.3) is 0 Å². The number of oxime groups is 1. The largest absolute Gasteiger partial charge is 0.462 e. The van der Waals surface area contributed by atoms with Gasteiger partial charge in [-0.05, 0) is 59.8 Å². The van der Waals surface area contributed by atoms with E-state index in [1.54, 1.807) is 35.4 Å². The predicted molar refractivity (Wildman–Crippen MR) is 195 cm³/mol. The van der Waals surface area contributed by atoms with Crippen LogP contribution in [0.1, 0.15) is 102 Å². The maximum absolute atomic E-state index is 14.3. The number of ether oxygens (including phenoxy) is 9. The topological polar surface area (TPSA) is 153 Å². The molecular formula is C39H71NO12. The molecule has 52 heavy (non-hydrogen) atoms. The van der Waals surface area contributed by atoms with Crippen LogP contribution < -0.4 is 0 Å². The number of aliphatic hydroxyl groups is 1. The van der Waals surface area contributed by atoms with Gasteiger partial charge in [0.1, 0.15) is 18.3 Å². The fourth-order valence-electron chi connectivity index (χ4n) is 9.25. The highest BCUT2D eigenvalue weighted by atomic mass is 16.7. The first-order chi connectivity index (χ1) is 24.4. The summed E-state index contributed by atoms with van der Waals surface area (Å²) in [5, 5.41) is 25.7. The van der Waals surface area contributed by atoms with Gasteiger partial charge >= 0.3 is 5.97 Å². The average molecular weight is 746 g/mol. The SMILES string of the molecule is CCC1OC(=O)C(C)C(OC2CC(C)(OC)C(OC)C(C)O2)C(C)C(OC2OC(C)CC(C)C2OC)C(C)(OC)CC(C)/C(=N/O)C(C)C(O)C1C. The van der Waals surface area contributed by atoms with Crippen LogP contribution in [0.3, 0.4) is 0 Å². The summed E-state index contributed by atoms with van der Waals surface area (Å²) in [5.74, 6) is -3.03. The second kappa shape index (κ2) is 18.9. The van der Waals surface area contributed by atoms with Gasteiger partial charge in [0.15, 0.2) is 12.6 Å². The number of cyclic esters (lactones) is 1. The van der Waals surface area contributed by atoms with Gasteiger partial charge in [-0.1, -0.05) is 46.7 Å². The second-order valence-corrected chi connectivity index (χ2v) is 16.4.